The lowest BCUT2D eigenvalue weighted by atomic mass is 9.91. The number of fused-ring (bicyclic) bond motifs is 1. The maximum Gasteiger partial charge on any atom is 0.122 e. The van der Waals surface area contributed by atoms with E-state index in [9.17, 15) is 0 Å². The number of hydrogen-bond donors (Lipinski definition) is 0. The zero-order chi connectivity index (χ0) is 8.39. The normalized spacial score (nSPS) is 15.4. The average molecular weight is 161 g/mol. The second kappa shape index (κ2) is 3.18. The van der Waals surface area contributed by atoms with E-state index >= 15 is 0 Å². The van der Waals surface area contributed by atoms with E-state index in [0.717, 1.165) is 12.2 Å². The molecule has 0 unspecified atom stereocenters. The molecule has 1 aliphatic carbocycles. The number of ether oxygens (including phenoxy) is 1. The summed E-state index contributed by atoms with van der Waals surface area (Å²) in [5, 5.41) is 0. The van der Waals surface area contributed by atoms with Gasteiger partial charge in [0.2, 0.25) is 0 Å². The van der Waals surface area contributed by atoms with Crippen molar-refractivity contribution in [2.45, 2.75) is 25.7 Å². The Bertz CT molecular complexity index is 264. The molecule has 1 aromatic rings. The van der Waals surface area contributed by atoms with Crippen molar-refractivity contribution in [3.63, 3.8) is 0 Å². The second-order valence-corrected chi connectivity index (χ2v) is 3.21. The van der Waals surface area contributed by atoms with Crippen molar-refractivity contribution in [3.8, 4) is 5.75 Å². The minimum atomic E-state index is 1.04. The van der Waals surface area contributed by atoms with Gasteiger partial charge in [0, 0.05) is 0 Å². The molecule has 0 heterocycles. The van der Waals surface area contributed by atoms with Gasteiger partial charge in [-0.1, -0.05) is 6.07 Å². The Morgan fingerprint density at radius 3 is 3.00 bits per heavy atom. The fourth-order valence-electron chi connectivity index (χ4n) is 1.85. The summed E-state index contributed by atoms with van der Waals surface area (Å²) in [7, 11) is 1.74. The summed E-state index contributed by atoms with van der Waals surface area (Å²) in [5.74, 6) is 1.04. The van der Waals surface area contributed by atoms with E-state index in [4.69, 9.17) is 4.74 Å². The zero-order valence-corrected chi connectivity index (χ0v) is 7.39. The Morgan fingerprint density at radius 2 is 2.17 bits per heavy atom. The molecular formula is C11H13O. The van der Waals surface area contributed by atoms with Gasteiger partial charge < -0.3 is 4.74 Å². The first kappa shape index (κ1) is 7.66. The van der Waals surface area contributed by atoms with Crippen molar-refractivity contribution < 1.29 is 4.74 Å². The van der Waals surface area contributed by atoms with Gasteiger partial charge in [-0.05, 0) is 48.9 Å². The average Bonchev–Trinajstić information content (AvgIpc) is 2.17. The standard InChI is InChI=1S/C11H13O/c1-12-11-8-4-6-9-5-2-3-7-10(9)11/h4,8H,2-3,5,7H2,1H3. The smallest absolute Gasteiger partial charge is 0.122 e. The SMILES string of the molecule is COc1cc[c]c2c1CCCC2. The van der Waals surface area contributed by atoms with Crippen molar-refractivity contribution in [1.29, 1.82) is 0 Å². The molecule has 0 bridgehead atoms. The summed E-state index contributed by atoms with van der Waals surface area (Å²) in [6.45, 7) is 0. The fourth-order valence-corrected chi connectivity index (χ4v) is 1.85. The summed E-state index contributed by atoms with van der Waals surface area (Å²) in [4.78, 5) is 0. The van der Waals surface area contributed by atoms with Crippen molar-refractivity contribution in [1.82, 2.24) is 0 Å². The van der Waals surface area contributed by atoms with Crippen LogP contribution >= 0.6 is 0 Å². The minimum Gasteiger partial charge on any atom is -0.496 e. The first-order chi connectivity index (χ1) is 5.92. The Kier molecular flexibility index (Phi) is 2.03. The maximum absolute atomic E-state index is 5.29. The lowest BCUT2D eigenvalue weighted by Gasteiger charge is -2.17. The van der Waals surface area contributed by atoms with Crippen LogP contribution in [0.2, 0.25) is 0 Å². The van der Waals surface area contributed by atoms with E-state index in [1.165, 1.54) is 30.4 Å². The summed E-state index contributed by atoms with van der Waals surface area (Å²) in [6, 6.07) is 7.25. The number of rotatable bonds is 1. The molecule has 1 radical (unpaired) electrons. The van der Waals surface area contributed by atoms with Crippen LogP contribution in [0.4, 0.5) is 0 Å². The first-order valence-electron chi connectivity index (χ1n) is 4.48. The third kappa shape index (κ3) is 1.20. The summed E-state index contributed by atoms with van der Waals surface area (Å²) in [5.41, 5.74) is 2.74. The van der Waals surface area contributed by atoms with Gasteiger partial charge in [-0.15, -0.1) is 0 Å². The van der Waals surface area contributed by atoms with Crippen LogP contribution in [0, 0.1) is 6.07 Å². The first-order valence-corrected chi connectivity index (χ1v) is 4.48. The topological polar surface area (TPSA) is 9.23 Å². The van der Waals surface area contributed by atoms with Crippen LogP contribution in [-0.2, 0) is 12.8 Å². The van der Waals surface area contributed by atoms with Crippen molar-refractivity contribution in [3.05, 3.63) is 29.3 Å². The van der Waals surface area contributed by atoms with E-state index in [1.807, 2.05) is 12.1 Å². The van der Waals surface area contributed by atoms with E-state index in [0.29, 0.717) is 0 Å². The van der Waals surface area contributed by atoms with E-state index in [2.05, 4.69) is 6.07 Å². The van der Waals surface area contributed by atoms with Crippen LogP contribution in [0.15, 0.2) is 12.1 Å². The molecule has 2 rings (SSSR count). The lowest BCUT2D eigenvalue weighted by Crippen LogP contribution is -2.04. The predicted octanol–water partition coefficient (Wildman–Crippen LogP) is 2.37. The fraction of sp³-hybridized carbons (Fsp3) is 0.455. The molecular weight excluding hydrogens is 148 g/mol. The molecule has 63 valence electrons. The largest absolute Gasteiger partial charge is 0.496 e. The van der Waals surface area contributed by atoms with E-state index < -0.39 is 0 Å². The lowest BCUT2D eigenvalue weighted by molar-refractivity contribution is 0.406. The maximum atomic E-state index is 5.29. The van der Waals surface area contributed by atoms with Crippen LogP contribution in [0.25, 0.3) is 0 Å². The number of methoxy groups -OCH3 is 1. The molecule has 0 aliphatic heterocycles. The molecule has 0 saturated carbocycles. The molecule has 0 spiro atoms. The van der Waals surface area contributed by atoms with Gasteiger partial charge >= 0.3 is 0 Å². The predicted molar refractivity (Wildman–Crippen MR) is 48.5 cm³/mol. The van der Waals surface area contributed by atoms with Gasteiger partial charge in [0.25, 0.3) is 0 Å². The van der Waals surface area contributed by atoms with Crippen LogP contribution in [-0.4, -0.2) is 7.11 Å². The van der Waals surface area contributed by atoms with Crippen LogP contribution in [0.5, 0.6) is 5.75 Å². The van der Waals surface area contributed by atoms with E-state index in [-0.39, 0.29) is 0 Å². The quantitative estimate of drug-likeness (QED) is 0.614. The molecule has 0 fully saturated rings. The van der Waals surface area contributed by atoms with Crippen LogP contribution < -0.4 is 4.74 Å². The van der Waals surface area contributed by atoms with Crippen LogP contribution in [0.3, 0.4) is 0 Å². The Balaban J connectivity index is 2.44. The Labute approximate surface area is 73.4 Å². The zero-order valence-electron chi connectivity index (χ0n) is 7.39. The molecule has 0 amide bonds. The van der Waals surface area contributed by atoms with Gasteiger partial charge in [0.05, 0.1) is 7.11 Å². The van der Waals surface area contributed by atoms with Gasteiger partial charge in [0.1, 0.15) is 5.75 Å². The third-order valence-electron chi connectivity index (χ3n) is 2.48. The molecule has 12 heavy (non-hydrogen) atoms. The number of hydrogen-bond acceptors (Lipinski definition) is 1. The van der Waals surface area contributed by atoms with E-state index in [1.54, 1.807) is 7.11 Å². The highest BCUT2D eigenvalue weighted by Crippen LogP contribution is 2.28. The van der Waals surface area contributed by atoms with Crippen LogP contribution in [0.1, 0.15) is 24.0 Å². The minimum absolute atomic E-state index is 1.04. The Hall–Kier alpha value is -0.980. The number of benzene rings is 1. The van der Waals surface area contributed by atoms with Gasteiger partial charge in [-0.25, -0.2) is 0 Å². The highest BCUT2D eigenvalue weighted by atomic mass is 16.5. The molecule has 1 aliphatic rings. The highest BCUT2D eigenvalue weighted by molar-refractivity contribution is 5.40. The Morgan fingerprint density at radius 1 is 1.33 bits per heavy atom. The summed E-state index contributed by atoms with van der Waals surface area (Å²) in [6.07, 6.45) is 4.93. The monoisotopic (exact) mass is 161 g/mol. The molecule has 0 saturated heterocycles. The number of aryl methyl sites for hydroxylation is 1. The second-order valence-electron chi connectivity index (χ2n) is 3.21. The van der Waals surface area contributed by atoms with Gasteiger partial charge in [0.15, 0.2) is 0 Å². The molecule has 0 atom stereocenters. The summed E-state index contributed by atoms with van der Waals surface area (Å²) >= 11 is 0. The molecule has 0 N–H and O–H groups in total. The molecule has 0 aromatic heterocycles. The third-order valence-corrected chi connectivity index (χ3v) is 2.48. The highest BCUT2D eigenvalue weighted by Gasteiger charge is 2.12. The molecule has 1 nitrogen and oxygen atoms in total. The molecule has 1 heteroatoms. The molecule has 1 aromatic carbocycles. The van der Waals surface area contributed by atoms with Crippen molar-refractivity contribution >= 4 is 0 Å². The van der Waals surface area contributed by atoms with Gasteiger partial charge in [-0.3, -0.25) is 0 Å². The summed E-state index contributed by atoms with van der Waals surface area (Å²) < 4.78 is 5.29. The van der Waals surface area contributed by atoms with Crippen molar-refractivity contribution in [2.24, 2.45) is 0 Å². The van der Waals surface area contributed by atoms with Crippen molar-refractivity contribution in [2.75, 3.05) is 7.11 Å². The van der Waals surface area contributed by atoms with Gasteiger partial charge in [-0.2, -0.15) is 0 Å².